The number of aliphatic hydroxyl groups excluding tert-OH is 1. The van der Waals surface area contributed by atoms with Crippen LogP contribution in [0.4, 0.5) is 11.6 Å². The molecule has 4 unspecified atom stereocenters. The number of nitrogens with zero attached hydrogens (tertiary/aromatic N) is 3. The van der Waals surface area contributed by atoms with E-state index in [4.69, 9.17) is 31.5 Å². The van der Waals surface area contributed by atoms with Crippen molar-refractivity contribution in [1.29, 1.82) is 0 Å². The summed E-state index contributed by atoms with van der Waals surface area (Å²) in [6.45, 7) is 1.54. The molecule has 1 aromatic heterocycles. The highest BCUT2D eigenvalue weighted by molar-refractivity contribution is 6.31. The normalized spacial score (nSPS) is 23.9. The van der Waals surface area contributed by atoms with Gasteiger partial charge in [0.2, 0.25) is 6.41 Å². The highest BCUT2D eigenvalue weighted by Crippen LogP contribution is 2.40. The van der Waals surface area contributed by atoms with Crippen LogP contribution in [0.1, 0.15) is 23.6 Å². The average molecular weight is 548 g/mol. The van der Waals surface area contributed by atoms with Gasteiger partial charge >= 0.3 is 0 Å². The summed E-state index contributed by atoms with van der Waals surface area (Å²) in [5, 5.41) is 19.5. The number of anilines is 2. The quantitative estimate of drug-likeness (QED) is 0.266. The van der Waals surface area contributed by atoms with Crippen LogP contribution in [0, 0.1) is 5.92 Å². The SMILES string of the molecule is CNC(=O)COc1cc(Cl)c2c(c1)C(N)C(CNCCC1CN(c3cnc4c(n3)NC(=O)CO4)C(O)O1)C2. The number of hydrogen-bond donors (Lipinski definition) is 5. The number of fused-ring (bicyclic) bond motifs is 2. The third-order valence-corrected chi connectivity index (χ3v) is 7.17. The van der Waals surface area contributed by atoms with E-state index in [1.165, 1.54) is 6.20 Å². The van der Waals surface area contributed by atoms with E-state index in [-0.39, 0.29) is 54.8 Å². The van der Waals surface area contributed by atoms with E-state index in [1.807, 2.05) is 6.07 Å². The molecule has 1 fully saturated rings. The number of carbonyl (C=O) groups excluding carboxylic acids is 2. The van der Waals surface area contributed by atoms with E-state index in [0.29, 0.717) is 42.6 Å². The first kappa shape index (κ1) is 26.4. The number of nitrogens with two attached hydrogens (primary N) is 1. The van der Waals surface area contributed by atoms with Gasteiger partial charge in [-0.15, -0.1) is 0 Å². The Kier molecular flexibility index (Phi) is 7.81. The van der Waals surface area contributed by atoms with Gasteiger partial charge in [0, 0.05) is 24.7 Å². The van der Waals surface area contributed by atoms with Crippen LogP contribution in [-0.2, 0) is 20.7 Å². The third kappa shape index (κ3) is 5.61. The first-order valence-corrected chi connectivity index (χ1v) is 12.7. The Bertz CT molecular complexity index is 1220. The maximum Gasteiger partial charge on any atom is 0.263 e. The summed E-state index contributed by atoms with van der Waals surface area (Å²) in [7, 11) is 1.55. The van der Waals surface area contributed by atoms with Crippen molar-refractivity contribution in [3.63, 3.8) is 0 Å². The number of amides is 2. The Labute approximate surface area is 224 Å². The lowest BCUT2D eigenvalue weighted by molar-refractivity contribution is -0.122. The molecule has 1 aromatic carbocycles. The van der Waals surface area contributed by atoms with Gasteiger partial charge in [0.25, 0.3) is 17.7 Å². The van der Waals surface area contributed by atoms with Gasteiger partial charge in [-0.1, -0.05) is 11.6 Å². The molecule has 3 aliphatic rings. The number of hydrogen-bond acceptors (Lipinski definition) is 11. The number of likely N-dealkylation sites (N-methyl/N-ethyl adjacent to an activating group) is 1. The molecule has 0 radical (unpaired) electrons. The molecule has 4 atom stereocenters. The van der Waals surface area contributed by atoms with Crippen molar-refractivity contribution < 1.29 is 28.9 Å². The number of ether oxygens (including phenoxy) is 3. The van der Waals surface area contributed by atoms with Crippen LogP contribution in [0.5, 0.6) is 11.6 Å². The van der Waals surface area contributed by atoms with Gasteiger partial charge in [-0.05, 0) is 48.6 Å². The van der Waals surface area contributed by atoms with E-state index in [9.17, 15) is 14.7 Å². The molecular formula is C24H30ClN7O6. The minimum Gasteiger partial charge on any atom is -0.484 e. The monoisotopic (exact) mass is 547 g/mol. The molecule has 6 N–H and O–H groups in total. The van der Waals surface area contributed by atoms with Crippen molar-refractivity contribution in [3.05, 3.63) is 34.5 Å². The lowest BCUT2D eigenvalue weighted by atomic mass is 10.0. The van der Waals surface area contributed by atoms with Crippen molar-refractivity contribution in [1.82, 2.24) is 20.6 Å². The van der Waals surface area contributed by atoms with Crippen molar-refractivity contribution in [2.75, 3.05) is 50.1 Å². The Morgan fingerprint density at radius 1 is 1.42 bits per heavy atom. The van der Waals surface area contributed by atoms with Crippen molar-refractivity contribution >= 4 is 35.1 Å². The van der Waals surface area contributed by atoms with Crippen LogP contribution in [0.3, 0.4) is 0 Å². The van der Waals surface area contributed by atoms with E-state index in [1.54, 1.807) is 18.0 Å². The minimum atomic E-state index is -1.17. The molecule has 0 spiro atoms. The van der Waals surface area contributed by atoms with Gasteiger partial charge in [-0.2, -0.15) is 0 Å². The summed E-state index contributed by atoms with van der Waals surface area (Å²) < 4.78 is 16.5. The molecule has 0 bridgehead atoms. The number of benzene rings is 1. The number of halogens is 1. The molecule has 14 heteroatoms. The van der Waals surface area contributed by atoms with Gasteiger partial charge in [0.15, 0.2) is 24.8 Å². The summed E-state index contributed by atoms with van der Waals surface area (Å²) in [5.41, 5.74) is 8.46. The van der Waals surface area contributed by atoms with Crippen LogP contribution in [-0.4, -0.2) is 79.3 Å². The van der Waals surface area contributed by atoms with Crippen molar-refractivity contribution in [2.24, 2.45) is 11.7 Å². The topological polar surface area (TPSA) is 173 Å². The predicted octanol–water partition coefficient (Wildman–Crippen LogP) is -0.0812. The lowest BCUT2D eigenvalue weighted by Crippen LogP contribution is -2.33. The number of aromatic nitrogens is 2. The Morgan fingerprint density at radius 2 is 2.26 bits per heavy atom. The highest BCUT2D eigenvalue weighted by atomic mass is 35.5. The number of carbonyl (C=O) groups is 2. The standard InChI is InChI=1S/C24H30ClN7O6/c1-27-19(33)10-36-14-5-16-15(17(25)6-14)4-12(21(16)26)7-28-3-2-13-9-32(24(35)38-13)18-8-29-23-22(30-18)31-20(34)11-37-23/h5-6,8,12-13,21,24,28,35H,2-4,7,9-11,26H2,1H3,(H,27,33)(H,30,31,34). The van der Waals surface area contributed by atoms with Crippen molar-refractivity contribution in [2.45, 2.75) is 31.4 Å². The molecule has 2 amide bonds. The fourth-order valence-corrected chi connectivity index (χ4v) is 5.10. The maximum absolute atomic E-state index is 11.6. The maximum atomic E-state index is 11.6. The average Bonchev–Trinajstić information content (AvgIpc) is 3.44. The first-order valence-electron chi connectivity index (χ1n) is 12.3. The largest absolute Gasteiger partial charge is 0.484 e. The van der Waals surface area contributed by atoms with E-state index < -0.39 is 6.41 Å². The second-order valence-electron chi connectivity index (χ2n) is 9.37. The second kappa shape index (κ2) is 11.3. The fraction of sp³-hybridized carbons (Fsp3) is 0.500. The summed E-state index contributed by atoms with van der Waals surface area (Å²) in [6.07, 6.45) is 1.46. The zero-order valence-corrected chi connectivity index (χ0v) is 21.5. The summed E-state index contributed by atoms with van der Waals surface area (Å²) in [6, 6.07) is 3.36. The smallest absolute Gasteiger partial charge is 0.263 e. The van der Waals surface area contributed by atoms with Gasteiger partial charge in [-0.25, -0.2) is 9.97 Å². The van der Waals surface area contributed by atoms with Gasteiger partial charge < -0.3 is 45.9 Å². The Balaban J connectivity index is 1.10. The van der Waals surface area contributed by atoms with Crippen LogP contribution in [0.2, 0.25) is 5.02 Å². The molecule has 1 aliphatic carbocycles. The first-order chi connectivity index (χ1) is 18.3. The summed E-state index contributed by atoms with van der Waals surface area (Å²) in [4.78, 5) is 33.1. The second-order valence-corrected chi connectivity index (χ2v) is 9.78. The van der Waals surface area contributed by atoms with Gasteiger partial charge in [0.05, 0.1) is 18.8 Å². The number of aliphatic hydroxyl groups is 1. The molecule has 204 valence electrons. The minimum absolute atomic E-state index is 0.0920. The molecule has 5 rings (SSSR count). The van der Waals surface area contributed by atoms with Crippen LogP contribution in [0.15, 0.2) is 18.3 Å². The highest BCUT2D eigenvalue weighted by Gasteiger charge is 2.34. The van der Waals surface area contributed by atoms with Crippen LogP contribution < -0.4 is 36.1 Å². The van der Waals surface area contributed by atoms with E-state index in [2.05, 4.69) is 25.9 Å². The molecule has 38 heavy (non-hydrogen) atoms. The molecule has 3 heterocycles. The van der Waals surface area contributed by atoms with E-state index in [0.717, 1.165) is 17.5 Å². The number of nitrogens with one attached hydrogen (secondary N) is 3. The molecule has 1 saturated heterocycles. The molecule has 2 aromatic rings. The van der Waals surface area contributed by atoms with Crippen LogP contribution >= 0.6 is 11.6 Å². The zero-order valence-electron chi connectivity index (χ0n) is 20.8. The lowest BCUT2D eigenvalue weighted by Gasteiger charge is -2.21. The third-order valence-electron chi connectivity index (χ3n) is 6.83. The fourth-order valence-electron chi connectivity index (χ4n) is 4.80. The van der Waals surface area contributed by atoms with Crippen LogP contribution in [0.25, 0.3) is 0 Å². The molecular weight excluding hydrogens is 518 g/mol. The zero-order chi connectivity index (χ0) is 26.8. The van der Waals surface area contributed by atoms with Gasteiger partial charge in [-0.3, -0.25) is 9.59 Å². The predicted molar refractivity (Wildman–Crippen MR) is 137 cm³/mol. The van der Waals surface area contributed by atoms with Crippen molar-refractivity contribution in [3.8, 4) is 11.6 Å². The molecule has 2 aliphatic heterocycles. The van der Waals surface area contributed by atoms with Gasteiger partial charge in [0.1, 0.15) is 5.75 Å². The molecule has 0 saturated carbocycles. The summed E-state index contributed by atoms with van der Waals surface area (Å²) in [5.74, 6) is 0.956. The number of rotatable bonds is 9. The molecule has 13 nitrogen and oxygen atoms in total. The Morgan fingerprint density at radius 3 is 3.08 bits per heavy atom. The summed E-state index contributed by atoms with van der Waals surface area (Å²) >= 11 is 6.49. The van der Waals surface area contributed by atoms with E-state index >= 15 is 0 Å². The Hall–Kier alpha value is -3.23.